The third kappa shape index (κ3) is 454. The van der Waals surface area contributed by atoms with E-state index in [4.69, 9.17) is 38.5 Å². The van der Waals surface area contributed by atoms with Gasteiger partial charge in [0.05, 0.1) is 0 Å². The van der Waals surface area contributed by atoms with Crippen molar-refractivity contribution in [1.82, 2.24) is 0 Å². The Hall–Kier alpha value is 2.38. The molecule has 0 aliphatic heterocycles. The molecule has 0 heterocycles. The fraction of sp³-hybridized carbons (Fsp3) is 0. The molecule has 0 bridgehead atoms. The van der Waals surface area contributed by atoms with Crippen molar-refractivity contribution >= 4 is 28.1 Å². The van der Waals surface area contributed by atoms with Crippen LogP contribution in [0.4, 0.5) is 0 Å². The molecule has 0 N–H and O–H groups in total. The van der Waals surface area contributed by atoms with Gasteiger partial charge in [-0.25, -0.2) is 0 Å². The van der Waals surface area contributed by atoms with Gasteiger partial charge in [0.1, 0.15) is 0 Å². The minimum absolute atomic E-state index is 0. The zero-order chi connectivity index (χ0) is 9.00. The molecule has 8 nitrogen and oxygen atoms in total. The molecule has 0 unspecified atom stereocenters. The Morgan fingerprint density at radius 3 is 0.571 bits per heavy atom. The van der Waals surface area contributed by atoms with Crippen LogP contribution in [0.2, 0.25) is 0 Å². The molecule has 0 saturated heterocycles. The Bertz CT molecular complexity index is 135. The fourth-order valence-electron chi connectivity index (χ4n) is 0. The van der Waals surface area contributed by atoms with Crippen molar-refractivity contribution in [3.63, 3.8) is 0 Å². The summed E-state index contributed by atoms with van der Waals surface area (Å²) in [5, 5.41) is 0. The Labute approximate surface area is 124 Å². The molecule has 72 valence electrons. The molecular weight excluding hydrogens is 422 g/mol. The number of rotatable bonds is 0. The van der Waals surface area contributed by atoms with E-state index in [0.717, 1.165) is 0 Å². The molecule has 0 amide bonds. The Morgan fingerprint density at radius 1 is 0.571 bits per heavy atom. The Morgan fingerprint density at radius 2 is 0.571 bits per heavy atom. The number of phosphoric acid groups is 2. The average molecular weight is 423 g/mol. The van der Waals surface area contributed by atoms with E-state index in [2.05, 4.69) is 0 Å². The van der Waals surface area contributed by atoms with E-state index in [1.807, 2.05) is 0 Å². The van der Waals surface area contributed by atoms with Gasteiger partial charge in [-0.2, -0.15) is 15.6 Å². The summed E-state index contributed by atoms with van der Waals surface area (Å²) in [6.07, 6.45) is 0. The normalized spacial score (nSPS) is 8.43. The largest absolute Gasteiger partial charge is 2.00 e. The van der Waals surface area contributed by atoms with Crippen molar-refractivity contribution in [1.29, 1.82) is 0 Å². The van der Waals surface area contributed by atoms with Gasteiger partial charge in [-0.3, -0.25) is 0 Å². The molecule has 0 aliphatic carbocycles. The average Bonchev–Trinajstić information content (AvgIpc) is 1.12. The van der Waals surface area contributed by atoms with E-state index in [-0.39, 0.29) is 70.8 Å². The van der Waals surface area contributed by atoms with Crippen LogP contribution >= 0.6 is 28.1 Å². The second kappa shape index (κ2) is 15.4. The van der Waals surface area contributed by atoms with Gasteiger partial charge in [0.25, 0.3) is 0 Å². The van der Waals surface area contributed by atoms with Crippen LogP contribution < -0.4 is 29.4 Å². The van der Waals surface area contributed by atoms with Gasteiger partial charge in [0.2, 0.25) is 0 Å². The molecule has 0 saturated carbocycles. The topological polar surface area (TPSA) is 172 Å². The van der Waals surface area contributed by atoms with Crippen molar-refractivity contribution < 1.29 is 96.9 Å². The van der Waals surface area contributed by atoms with E-state index in [1.54, 1.807) is 0 Å². The van der Waals surface area contributed by atoms with Crippen LogP contribution in [0.1, 0.15) is 0 Å². The van der Waals surface area contributed by atoms with Gasteiger partial charge in [0, 0.05) is 0 Å². The van der Waals surface area contributed by atoms with E-state index in [0.29, 0.717) is 0 Å². The predicted octanol–water partition coefficient (Wildman–Crippen LogP) is -5.23. The van der Waals surface area contributed by atoms with Gasteiger partial charge in [-0.15, -0.1) is 12.4 Å². The second-order valence-electron chi connectivity index (χ2n) is 0.894. The maximum Gasteiger partial charge on any atom is 2.00 e. The molecule has 0 radical (unpaired) electrons. The van der Waals surface area contributed by atoms with Crippen molar-refractivity contribution in [2.75, 3.05) is 0 Å². The van der Waals surface area contributed by atoms with Crippen LogP contribution in [0.25, 0.3) is 0 Å². The van der Waals surface area contributed by atoms with Crippen molar-refractivity contribution in [2.45, 2.75) is 0 Å². The first kappa shape index (κ1) is 36.0. The van der Waals surface area contributed by atoms with E-state index >= 15 is 0 Å². The zero-order valence-corrected chi connectivity index (χ0v) is 18.2. The summed E-state index contributed by atoms with van der Waals surface area (Å²) in [6, 6.07) is 0. The summed E-state index contributed by atoms with van der Waals surface area (Å²) in [5.41, 5.74) is 0. The number of halogens is 1. The van der Waals surface area contributed by atoms with E-state index < -0.39 is 15.6 Å². The third-order valence-electron chi connectivity index (χ3n) is 0. The molecule has 0 aromatic carbocycles. The first-order valence-corrected chi connectivity index (χ1v) is 4.38. The van der Waals surface area contributed by atoms with Gasteiger partial charge < -0.3 is 38.5 Å². The molecule has 0 rings (SSSR count). The van der Waals surface area contributed by atoms with Gasteiger partial charge in [-0.05, 0) is 0 Å². The minimum Gasteiger partial charge on any atom is -0.822 e. The quantitative estimate of drug-likeness (QED) is 0.275. The fourth-order valence-corrected chi connectivity index (χ4v) is 0. The van der Waals surface area contributed by atoms with Crippen LogP contribution in [-0.4, -0.2) is 0 Å². The molecular formula is HClO8P2Zn3. The number of hydrogen-bond acceptors (Lipinski definition) is 8. The van der Waals surface area contributed by atoms with Crippen LogP contribution in [0.5, 0.6) is 0 Å². The maximum atomic E-state index is 8.55. The van der Waals surface area contributed by atoms with Gasteiger partial charge >= 0.3 is 58.4 Å². The van der Waals surface area contributed by atoms with E-state index in [9.17, 15) is 0 Å². The number of hydrogen-bond donors (Lipinski definition) is 0. The SMILES string of the molecule is Cl.O=P([O-])([O-])[O-].O=P([O-])([O-])[O-].[Zn+2].[Zn+2].[Zn+2]. The van der Waals surface area contributed by atoms with Gasteiger partial charge in [0.15, 0.2) is 0 Å². The van der Waals surface area contributed by atoms with Crippen LogP contribution in [0, 0.1) is 0 Å². The van der Waals surface area contributed by atoms with Crippen molar-refractivity contribution in [2.24, 2.45) is 0 Å². The molecule has 0 spiro atoms. The summed E-state index contributed by atoms with van der Waals surface area (Å²) < 4.78 is 17.1. The summed E-state index contributed by atoms with van der Waals surface area (Å²) in [6.45, 7) is 0. The van der Waals surface area contributed by atoms with E-state index in [1.165, 1.54) is 0 Å². The maximum absolute atomic E-state index is 8.55. The molecule has 14 heteroatoms. The first-order valence-electron chi connectivity index (χ1n) is 1.46. The Kier molecular flexibility index (Phi) is 39.5. The zero-order valence-electron chi connectivity index (χ0n) is 6.69. The smallest absolute Gasteiger partial charge is 0.822 e. The van der Waals surface area contributed by atoms with Crippen LogP contribution in [0.15, 0.2) is 0 Å². The summed E-state index contributed by atoms with van der Waals surface area (Å²) in [4.78, 5) is 51.3. The van der Waals surface area contributed by atoms with Crippen molar-refractivity contribution in [3.8, 4) is 0 Å². The monoisotopic (exact) mass is 418 g/mol. The molecule has 0 fully saturated rings. The second-order valence-corrected chi connectivity index (χ2v) is 2.68. The van der Waals surface area contributed by atoms with Crippen LogP contribution in [0.3, 0.4) is 0 Å². The standard InChI is InChI=1S/ClH.2H3O4P.3Zn/c;2*1-5(2,3)4;;;/h1H;2*(H3,1,2,3,4);;;/q;;;3*+2/p-6. The van der Waals surface area contributed by atoms with Crippen LogP contribution in [-0.2, 0) is 67.6 Å². The predicted molar refractivity (Wildman–Crippen MR) is 22.5 cm³/mol. The Balaban J connectivity index is -0.0000000178. The summed E-state index contributed by atoms with van der Waals surface area (Å²) in [5.74, 6) is 0. The molecule has 0 aliphatic rings. The molecule has 0 aromatic heterocycles. The molecule has 0 aromatic rings. The molecule has 14 heavy (non-hydrogen) atoms. The minimum atomic E-state index is -5.39. The summed E-state index contributed by atoms with van der Waals surface area (Å²) >= 11 is 0. The molecule has 0 atom stereocenters. The summed E-state index contributed by atoms with van der Waals surface area (Å²) in [7, 11) is -10.8. The third-order valence-corrected chi connectivity index (χ3v) is 0. The van der Waals surface area contributed by atoms with Gasteiger partial charge in [-0.1, -0.05) is 0 Å². The first-order chi connectivity index (χ1) is 4.00. The van der Waals surface area contributed by atoms with Crippen molar-refractivity contribution in [3.05, 3.63) is 0 Å².